The fourth-order valence-electron chi connectivity index (χ4n) is 5.46. The maximum Gasteiger partial charge on any atom is 0.160 e. The van der Waals surface area contributed by atoms with Crippen LogP contribution in [-0.2, 0) is 9.59 Å². The molecule has 0 spiro atoms. The van der Waals surface area contributed by atoms with Gasteiger partial charge in [0.15, 0.2) is 11.6 Å². The Labute approximate surface area is 134 Å². The highest BCUT2D eigenvalue weighted by Gasteiger charge is 2.56. The Balaban J connectivity index is 2.15. The smallest absolute Gasteiger partial charge is 0.160 e. The summed E-state index contributed by atoms with van der Waals surface area (Å²) in [5, 5.41) is 0. The van der Waals surface area contributed by atoms with Gasteiger partial charge in [0.05, 0.1) is 0 Å². The van der Waals surface area contributed by atoms with Gasteiger partial charge in [-0.25, -0.2) is 0 Å². The Hall–Kier alpha value is -1.18. The van der Waals surface area contributed by atoms with Gasteiger partial charge in [0.25, 0.3) is 0 Å². The molecule has 0 aromatic carbocycles. The monoisotopic (exact) mass is 300 g/mol. The highest BCUT2D eigenvalue weighted by Crippen LogP contribution is 2.61. The van der Waals surface area contributed by atoms with Crippen molar-refractivity contribution < 1.29 is 9.59 Å². The van der Waals surface area contributed by atoms with E-state index in [-0.39, 0.29) is 27.8 Å². The van der Waals surface area contributed by atoms with Gasteiger partial charge in [-0.3, -0.25) is 9.59 Å². The zero-order valence-electron chi connectivity index (χ0n) is 14.4. The summed E-state index contributed by atoms with van der Waals surface area (Å²) in [5.41, 5.74) is 1.50. The topological polar surface area (TPSA) is 34.1 Å². The molecule has 0 radical (unpaired) electrons. The van der Waals surface area contributed by atoms with Gasteiger partial charge in [-0.1, -0.05) is 40.2 Å². The average Bonchev–Trinajstić information content (AvgIpc) is 2.40. The first-order valence-electron chi connectivity index (χ1n) is 8.57. The van der Waals surface area contributed by atoms with Crippen molar-refractivity contribution in [3.05, 3.63) is 23.8 Å². The Morgan fingerprint density at radius 3 is 2.36 bits per heavy atom. The number of carbonyl (C=O) groups is 2. The molecule has 1 saturated carbocycles. The molecule has 1 fully saturated rings. The Morgan fingerprint density at radius 2 is 1.73 bits per heavy atom. The van der Waals surface area contributed by atoms with Crippen LogP contribution in [0.2, 0.25) is 0 Å². The number of fused-ring (bicyclic) bond motifs is 2. The lowest BCUT2D eigenvalue weighted by Gasteiger charge is -2.55. The maximum atomic E-state index is 13.0. The number of hydrogen-bond acceptors (Lipinski definition) is 2. The summed E-state index contributed by atoms with van der Waals surface area (Å²) < 4.78 is 0. The van der Waals surface area contributed by atoms with Gasteiger partial charge in [0, 0.05) is 29.4 Å². The van der Waals surface area contributed by atoms with Gasteiger partial charge < -0.3 is 0 Å². The van der Waals surface area contributed by atoms with E-state index in [4.69, 9.17) is 0 Å². The molecule has 0 aromatic heterocycles. The van der Waals surface area contributed by atoms with Crippen LogP contribution in [-0.4, -0.2) is 11.6 Å². The molecule has 0 bridgehead atoms. The third-order valence-corrected chi connectivity index (χ3v) is 6.75. The van der Waals surface area contributed by atoms with E-state index in [0.717, 1.165) is 30.4 Å². The van der Waals surface area contributed by atoms with Gasteiger partial charge in [-0.05, 0) is 36.0 Å². The molecule has 2 heteroatoms. The number of Topliss-reactive ketones (excluding diaryl/α,β-unsaturated/α-hetero) is 2. The minimum Gasteiger partial charge on any atom is -0.295 e. The van der Waals surface area contributed by atoms with Crippen molar-refractivity contribution in [1.82, 2.24) is 0 Å². The van der Waals surface area contributed by atoms with Gasteiger partial charge >= 0.3 is 0 Å². The molecule has 3 aliphatic carbocycles. The summed E-state index contributed by atoms with van der Waals surface area (Å²) >= 11 is 0. The number of hydrogen-bond donors (Lipinski definition) is 0. The third-order valence-electron chi connectivity index (χ3n) is 6.75. The number of rotatable bonds is 1. The van der Waals surface area contributed by atoms with Crippen LogP contribution in [0.5, 0.6) is 0 Å². The molecule has 3 aliphatic rings. The van der Waals surface area contributed by atoms with Crippen LogP contribution in [0.25, 0.3) is 0 Å². The van der Waals surface area contributed by atoms with E-state index in [0.29, 0.717) is 25.2 Å². The first kappa shape index (κ1) is 15.7. The minimum absolute atomic E-state index is 0.107. The SMILES string of the molecule is C=C[C@@]1(C)CC(=O)C2=C(C1)C(=O)C[C@H]1C(C)(C)CCC[C@]21C. The summed E-state index contributed by atoms with van der Waals surface area (Å²) in [6, 6.07) is 0. The zero-order valence-corrected chi connectivity index (χ0v) is 14.4. The normalized spacial score (nSPS) is 41.0. The van der Waals surface area contributed by atoms with Crippen molar-refractivity contribution in [2.75, 3.05) is 0 Å². The van der Waals surface area contributed by atoms with Crippen molar-refractivity contribution in [2.24, 2.45) is 22.2 Å². The van der Waals surface area contributed by atoms with Crippen molar-refractivity contribution in [3.8, 4) is 0 Å². The Kier molecular flexibility index (Phi) is 3.33. The lowest BCUT2D eigenvalue weighted by Crippen LogP contribution is -2.51. The van der Waals surface area contributed by atoms with Gasteiger partial charge in [0.1, 0.15) is 0 Å². The summed E-state index contributed by atoms with van der Waals surface area (Å²) in [6.45, 7) is 12.7. The first-order chi connectivity index (χ1) is 10.1. The Morgan fingerprint density at radius 1 is 1.05 bits per heavy atom. The summed E-state index contributed by atoms with van der Waals surface area (Å²) in [6.07, 6.45) is 7.02. The molecule has 3 rings (SSSR count). The highest BCUT2D eigenvalue weighted by atomic mass is 16.1. The van der Waals surface area contributed by atoms with E-state index in [1.807, 2.05) is 13.0 Å². The molecule has 120 valence electrons. The van der Waals surface area contributed by atoms with Crippen molar-refractivity contribution in [2.45, 2.75) is 66.2 Å². The molecule has 0 aromatic rings. The van der Waals surface area contributed by atoms with Crippen molar-refractivity contribution >= 4 is 11.6 Å². The van der Waals surface area contributed by atoms with Crippen LogP contribution < -0.4 is 0 Å². The summed E-state index contributed by atoms with van der Waals surface area (Å²) in [5.74, 6) is 0.715. The van der Waals surface area contributed by atoms with Crippen LogP contribution in [0.3, 0.4) is 0 Å². The zero-order chi connectivity index (χ0) is 16.3. The van der Waals surface area contributed by atoms with E-state index in [1.165, 1.54) is 0 Å². The van der Waals surface area contributed by atoms with E-state index in [1.54, 1.807) is 0 Å². The molecule has 2 nitrogen and oxygen atoms in total. The van der Waals surface area contributed by atoms with E-state index in [9.17, 15) is 9.59 Å². The number of ketones is 2. The van der Waals surface area contributed by atoms with Crippen LogP contribution in [0.15, 0.2) is 23.8 Å². The molecule has 22 heavy (non-hydrogen) atoms. The molecule has 0 amide bonds. The average molecular weight is 300 g/mol. The molecule has 0 aliphatic heterocycles. The van der Waals surface area contributed by atoms with Crippen LogP contribution in [0.1, 0.15) is 66.2 Å². The lowest BCUT2D eigenvalue weighted by atomic mass is 9.47. The summed E-state index contributed by atoms with van der Waals surface area (Å²) in [4.78, 5) is 25.8. The quantitative estimate of drug-likeness (QED) is 0.661. The molecule has 0 saturated heterocycles. The molecule has 0 unspecified atom stereocenters. The van der Waals surface area contributed by atoms with Crippen LogP contribution in [0, 0.1) is 22.2 Å². The van der Waals surface area contributed by atoms with E-state index >= 15 is 0 Å². The molecule has 3 atom stereocenters. The predicted molar refractivity (Wildman–Crippen MR) is 88.4 cm³/mol. The fraction of sp³-hybridized carbons (Fsp3) is 0.700. The third kappa shape index (κ3) is 2.06. The van der Waals surface area contributed by atoms with E-state index in [2.05, 4.69) is 27.4 Å². The number of allylic oxidation sites excluding steroid dienone is 3. The van der Waals surface area contributed by atoms with Gasteiger partial charge in [0.2, 0.25) is 0 Å². The van der Waals surface area contributed by atoms with Crippen LogP contribution >= 0.6 is 0 Å². The molecule has 0 N–H and O–H groups in total. The highest BCUT2D eigenvalue weighted by molar-refractivity contribution is 6.10. The molecular formula is C20H28O2. The van der Waals surface area contributed by atoms with Crippen molar-refractivity contribution in [3.63, 3.8) is 0 Å². The first-order valence-corrected chi connectivity index (χ1v) is 8.57. The lowest BCUT2D eigenvalue weighted by molar-refractivity contribution is -0.129. The molecule has 0 heterocycles. The fourth-order valence-corrected chi connectivity index (χ4v) is 5.46. The molecular weight excluding hydrogens is 272 g/mol. The second kappa shape index (κ2) is 4.66. The van der Waals surface area contributed by atoms with Crippen molar-refractivity contribution in [1.29, 1.82) is 0 Å². The Bertz CT molecular complexity index is 595. The van der Waals surface area contributed by atoms with E-state index < -0.39 is 0 Å². The van der Waals surface area contributed by atoms with Crippen LogP contribution in [0.4, 0.5) is 0 Å². The minimum atomic E-state index is -0.251. The van der Waals surface area contributed by atoms with Gasteiger partial charge in [-0.15, -0.1) is 6.58 Å². The largest absolute Gasteiger partial charge is 0.295 e. The summed E-state index contributed by atoms with van der Waals surface area (Å²) in [7, 11) is 0. The maximum absolute atomic E-state index is 13.0. The van der Waals surface area contributed by atoms with Gasteiger partial charge in [-0.2, -0.15) is 0 Å². The standard InChI is InChI=1S/C20H28O2/c1-6-19(4)11-13-14(21)10-16-18(2,3)8-7-9-20(16,5)17(13)15(22)12-19/h6,16H,1,7-12H2,2-5H3/t16-,19+,20-/m0/s1. The second-order valence-electron chi connectivity index (χ2n) is 8.93. The second-order valence-corrected chi connectivity index (χ2v) is 8.93. The predicted octanol–water partition coefficient (Wildman–Crippen LogP) is 4.64. The number of carbonyl (C=O) groups excluding carboxylic acids is 2.